The molecule has 0 radical (unpaired) electrons. The molecule has 0 aromatic carbocycles. The Hall–Kier alpha value is -1.02. The van der Waals surface area contributed by atoms with Gasteiger partial charge in [0.2, 0.25) is 0 Å². The molecule has 0 aliphatic carbocycles. The summed E-state index contributed by atoms with van der Waals surface area (Å²) in [6.45, 7) is 2.60. The molecule has 21 heavy (non-hydrogen) atoms. The predicted molar refractivity (Wildman–Crippen MR) is 83.1 cm³/mol. The molecule has 1 fully saturated rings. The summed E-state index contributed by atoms with van der Waals surface area (Å²) in [7, 11) is -1.41. The van der Waals surface area contributed by atoms with Crippen LogP contribution in [-0.4, -0.2) is 50.9 Å². The standard InChI is InChI=1S/C14H24N4O2S/c1-15-12-14-5-10-18(11-6-14)21(19,20)17-9-4-13-2-7-16-8-3-13/h2-3,7-8,14-15,17H,4-6,9-12H2,1H3. The Morgan fingerprint density at radius 1 is 1.29 bits per heavy atom. The van der Waals surface area contributed by atoms with Gasteiger partial charge < -0.3 is 5.32 Å². The van der Waals surface area contributed by atoms with Crippen LogP contribution in [0.3, 0.4) is 0 Å². The largest absolute Gasteiger partial charge is 0.319 e. The summed E-state index contributed by atoms with van der Waals surface area (Å²) in [6, 6.07) is 3.80. The number of nitrogens with one attached hydrogen (secondary N) is 2. The normalized spacial score (nSPS) is 18.0. The lowest BCUT2D eigenvalue weighted by Crippen LogP contribution is -2.46. The van der Waals surface area contributed by atoms with E-state index in [1.54, 1.807) is 16.7 Å². The van der Waals surface area contributed by atoms with Gasteiger partial charge in [-0.25, -0.2) is 4.72 Å². The number of piperidine rings is 1. The van der Waals surface area contributed by atoms with Crippen LogP contribution in [-0.2, 0) is 16.6 Å². The molecule has 1 aromatic heterocycles. The summed E-state index contributed by atoms with van der Waals surface area (Å²) >= 11 is 0. The third-order valence-electron chi connectivity index (χ3n) is 3.85. The maximum absolute atomic E-state index is 12.2. The van der Waals surface area contributed by atoms with Crippen LogP contribution in [0.2, 0.25) is 0 Å². The van der Waals surface area contributed by atoms with E-state index in [4.69, 9.17) is 0 Å². The second-order valence-electron chi connectivity index (χ2n) is 5.40. The summed E-state index contributed by atoms with van der Waals surface area (Å²) in [4.78, 5) is 3.95. The van der Waals surface area contributed by atoms with Gasteiger partial charge in [0.25, 0.3) is 10.2 Å². The van der Waals surface area contributed by atoms with Gasteiger partial charge in [-0.2, -0.15) is 12.7 Å². The molecule has 1 aliphatic heterocycles. The fourth-order valence-corrected chi connectivity index (χ4v) is 3.84. The first-order valence-corrected chi connectivity index (χ1v) is 8.84. The van der Waals surface area contributed by atoms with Crippen LogP contribution in [0, 0.1) is 5.92 Å². The summed E-state index contributed by atoms with van der Waals surface area (Å²) in [5.74, 6) is 0.582. The van der Waals surface area contributed by atoms with Gasteiger partial charge in [0, 0.05) is 32.0 Å². The molecule has 2 rings (SSSR count). The molecule has 2 heterocycles. The third-order valence-corrected chi connectivity index (χ3v) is 5.47. The van der Waals surface area contributed by atoms with Crippen molar-refractivity contribution in [2.45, 2.75) is 19.3 Å². The molecule has 0 atom stereocenters. The summed E-state index contributed by atoms with van der Waals surface area (Å²) in [6.07, 6.45) is 5.96. The van der Waals surface area contributed by atoms with Crippen LogP contribution in [0.1, 0.15) is 18.4 Å². The third kappa shape index (κ3) is 5.03. The highest BCUT2D eigenvalue weighted by atomic mass is 32.2. The lowest BCUT2D eigenvalue weighted by Gasteiger charge is -2.31. The minimum absolute atomic E-state index is 0.419. The van der Waals surface area contributed by atoms with Crippen LogP contribution >= 0.6 is 0 Å². The predicted octanol–water partition coefficient (Wildman–Crippen LogP) is 0.390. The zero-order valence-corrected chi connectivity index (χ0v) is 13.3. The molecule has 0 saturated carbocycles. The average Bonchev–Trinajstić information content (AvgIpc) is 2.49. The van der Waals surface area contributed by atoms with E-state index in [1.165, 1.54) is 0 Å². The fraction of sp³-hybridized carbons (Fsp3) is 0.643. The van der Waals surface area contributed by atoms with Gasteiger partial charge in [0.15, 0.2) is 0 Å². The Morgan fingerprint density at radius 3 is 2.57 bits per heavy atom. The zero-order chi connectivity index (χ0) is 15.1. The maximum Gasteiger partial charge on any atom is 0.279 e. The molecular formula is C14H24N4O2S. The summed E-state index contributed by atoms with van der Waals surface area (Å²) < 4.78 is 28.7. The van der Waals surface area contributed by atoms with E-state index in [9.17, 15) is 8.42 Å². The smallest absolute Gasteiger partial charge is 0.279 e. The van der Waals surface area contributed by atoms with Crippen molar-refractivity contribution in [2.24, 2.45) is 5.92 Å². The minimum Gasteiger partial charge on any atom is -0.319 e. The number of aromatic nitrogens is 1. The Bertz CT molecular complexity index is 513. The molecule has 0 amide bonds. The highest BCUT2D eigenvalue weighted by Gasteiger charge is 2.27. The second-order valence-corrected chi connectivity index (χ2v) is 7.16. The molecule has 1 aromatic rings. The van der Waals surface area contributed by atoms with Gasteiger partial charge in [-0.3, -0.25) is 4.98 Å². The minimum atomic E-state index is -3.34. The summed E-state index contributed by atoms with van der Waals surface area (Å²) in [5, 5.41) is 3.15. The van der Waals surface area contributed by atoms with Gasteiger partial charge in [-0.15, -0.1) is 0 Å². The van der Waals surface area contributed by atoms with E-state index >= 15 is 0 Å². The highest BCUT2D eigenvalue weighted by Crippen LogP contribution is 2.18. The van der Waals surface area contributed by atoms with Crippen LogP contribution in [0.4, 0.5) is 0 Å². The zero-order valence-electron chi connectivity index (χ0n) is 12.5. The number of hydrogen-bond donors (Lipinski definition) is 2. The van der Waals surface area contributed by atoms with E-state index in [2.05, 4.69) is 15.0 Å². The molecule has 7 heteroatoms. The SMILES string of the molecule is CNCC1CCN(S(=O)(=O)NCCc2ccncc2)CC1. The van der Waals surface area contributed by atoms with E-state index in [1.807, 2.05) is 19.2 Å². The first kappa shape index (κ1) is 16.4. The van der Waals surface area contributed by atoms with Crippen molar-refractivity contribution in [1.82, 2.24) is 19.3 Å². The molecule has 0 spiro atoms. The van der Waals surface area contributed by atoms with Crippen LogP contribution in [0.5, 0.6) is 0 Å². The Balaban J connectivity index is 1.77. The average molecular weight is 312 g/mol. The Kier molecular flexibility index (Phi) is 6.10. The first-order valence-electron chi connectivity index (χ1n) is 7.40. The van der Waals surface area contributed by atoms with Gasteiger partial charge >= 0.3 is 0 Å². The van der Waals surface area contributed by atoms with Crippen molar-refractivity contribution in [1.29, 1.82) is 0 Å². The number of hydrogen-bond acceptors (Lipinski definition) is 4. The second kappa shape index (κ2) is 7.84. The lowest BCUT2D eigenvalue weighted by molar-refractivity contribution is 0.268. The van der Waals surface area contributed by atoms with Crippen molar-refractivity contribution in [2.75, 3.05) is 33.2 Å². The van der Waals surface area contributed by atoms with Crippen molar-refractivity contribution in [3.63, 3.8) is 0 Å². The van der Waals surface area contributed by atoms with E-state index in [0.717, 1.165) is 24.9 Å². The van der Waals surface area contributed by atoms with E-state index in [0.29, 0.717) is 32.0 Å². The van der Waals surface area contributed by atoms with Gasteiger partial charge in [-0.1, -0.05) is 0 Å². The molecule has 0 unspecified atom stereocenters. The molecule has 118 valence electrons. The topological polar surface area (TPSA) is 74.3 Å². The van der Waals surface area contributed by atoms with Crippen molar-refractivity contribution in [3.8, 4) is 0 Å². The van der Waals surface area contributed by atoms with E-state index in [-0.39, 0.29) is 0 Å². The Morgan fingerprint density at radius 2 is 1.95 bits per heavy atom. The van der Waals surface area contributed by atoms with Gasteiger partial charge in [0.1, 0.15) is 0 Å². The van der Waals surface area contributed by atoms with Crippen LogP contribution in [0.25, 0.3) is 0 Å². The number of rotatable bonds is 7. The van der Waals surface area contributed by atoms with Crippen molar-refractivity contribution < 1.29 is 8.42 Å². The molecule has 6 nitrogen and oxygen atoms in total. The quantitative estimate of drug-likeness (QED) is 0.764. The monoisotopic (exact) mass is 312 g/mol. The van der Waals surface area contributed by atoms with Crippen molar-refractivity contribution >= 4 is 10.2 Å². The molecule has 2 N–H and O–H groups in total. The molecule has 0 bridgehead atoms. The van der Waals surface area contributed by atoms with E-state index < -0.39 is 10.2 Å². The Labute approximate surface area is 127 Å². The first-order chi connectivity index (χ1) is 10.1. The number of pyridine rings is 1. The van der Waals surface area contributed by atoms with Crippen LogP contribution < -0.4 is 10.0 Å². The molecule has 1 aliphatic rings. The lowest BCUT2D eigenvalue weighted by atomic mass is 9.98. The van der Waals surface area contributed by atoms with Gasteiger partial charge in [0.05, 0.1) is 0 Å². The molecular weight excluding hydrogens is 288 g/mol. The number of nitrogens with zero attached hydrogens (tertiary/aromatic N) is 2. The molecule has 1 saturated heterocycles. The fourth-order valence-electron chi connectivity index (χ4n) is 2.61. The summed E-state index contributed by atoms with van der Waals surface area (Å²) in [5.41, 5.74) is 1.08. The maximum atomic E-state index is 12.2. The van der Waals surface area contributed by atoms with Crippen molar-refractivity contribution in [3.05, 3.63) is 30.1 Å². The van der Waals surface area contributed by atoms with Gasteiger partial charge in [-0.05, 0) is 56.5 Å². The van der Waals surface area contributed by atoms with Crippen LogP contribution in [0.15, 0.2) is 24.5 Å². The highest BCUT2D eigenvalue weighted by molar-refractivity contribution is 7.87.